The van der Waals surface area contributed by atoms with E-state index in [0.29, 0.717) is 0 Å². The lowest BCUT2D eigenvalue weighted by molar-refractivity contribution is 0.204. The second-order valence-corrected chi connectivity index (χ2v) is 6.88. The molecule has 0 bridgehead atoms. The van der Waals surface area contributed by atoms with Crippen LogP contribution in [0.1, 0.15) is 45.0 Å². The summed E-state index contributed by atoms with van der Waals surface area (Å²) < 4.78 is 3.22. The molecule has 4 nitrogen and oxygen atoms in total. The van der Waals surface area contributed by atoms with Gasteiger partial charge in [0.25, 0.3) is 0 Å². The summed E-state index contributed by atoms with van der Waals surface area (Å²) in [5.74, 6) is 0. The number of nitrogens with zero attached hydrogens (tertiary/aromatic N) is 3. The zero-order valence-electron chi connectivity index (χ0n) is 13.2. The van der Waals surface area contributed by atoms with E-state index < -0.39 is 0 Å². The highest BCUT2D eigenvalue weighted by molar-refractivity contribution is 9.10. The Balaban J connectivity index is 2.14. The van der Waals surface area contributed by atoms with E-state index in [1.807, 2.05) is 11.7 Å². The summed E-state index contributed by atoms with van der Waals surface area (Å²) in [6, 6.07) is 0. The molecule has 1 N–H and O–H groups in total. The van der Waals surface area contributed by atoms with Gasteiger partial charge in [-0.3, -0.25) is 9.58 Å². The van der Waals surface area contributed by atoms with E-state index in [-0.39, 0.29) is 5.54 Å². The Morgan fingerprint density at radius 2 is 2.15 bits per heavy atom. The number of hydrogen-bond acceptors (Lipinski definition) is 3. The Labute approximate surface area is 131 Å². The Hall–Kier alpha value is -0.390. The Bertz CT molecular complexity index is 457. The van der Waals surface area contributed by atoms with Crippen molar-refractivity contribution >= 4 is 15.9 Å². The molecule has 1 aliphatic heterocycles. The number of aryl methyl sites for hydroxylation is 2. The van der Waals surface area contributed by atoms with Gasteiger partial charge in [-0.1, -0.05) is 13.8 Å². The summed E-state index contributed by atoms with van der Waals surface area (Å²) in [5.41, 5.74) is 2.69. The molecule has 1 atom stereocenters. The van der Waals surface area contributed by atoms with Crippen LogP contribution in [0.25, 0.3) is 0 Å². The molecule has 1 fully saturated rings. The monoisotopic (exact) mass is 342 g/mol. The van der Waals surface area contributed by atoms with Crippen LogP contribution < -0.4 is 5.32 Å². The minimum absolute atomic E-state index is 0.231. The van der Waals surface area contributed by atoms with Gasteiger partial charge >= 0.3 is 0 Å². The highest BCUT2D eigenvalue weighted by Gasteiger charge is 2.28. The first kappa shape index (κ1) is 16.0. The average molecular weight is 343 g/mol. The standard InChI is InChI=1S/C15H27BrN4/c1-5-12-14(16)13(19(4)18-12)10-20-9-7-8-17-15(3,6-2)11-20/h17H,5-11H2,1-4H3. The van der Waals surface area contributed by atoms with Crippen molar-refractivity contribution in [3.05, 3.63) is 15.9 Å². The third-order valence-electron chi connectivity index (χ3n) is 4.43. The minimum atomic E-state index is 0.231. The highest BCUT2D eigenvalue weighted by Crippen LogP contribution is 2.24. The molecular weight excluding hydrogens is 316 g/mol. The summed E-state index contributed by atoms with van der Waals surface area (Å²) in [6.45, 7) is 11.1. The molecule has 0 aliphatic carbocycles. The molecule has 0 aromatic carbocycles. The summed E-state index contributed by atoms with van der Waals surface area (Å²) in [5, 5.41) is 8.29. The quantitative estimate of drug-likeness (QED) is 0.913. The van der Waals surface area contributed by atoms with Crippen molar-refractivity contribution < 1.29 is 0 Å². The van der Waals surface area contributed by atoms with E-state index in [4.69, 9.17) is 0 Å². The van der Waals surface area contributed by atoms with E-state index in [0.717, 1.165) is 44.7 Å². The van der Waals surface area contributed by atoms with Gasteiger partial charge in [0.1, 0.15) is 0 Å². The second kappa shape index (κ2) is 6.58. The van der Waals surface area contributed by atoms with E-state index in [2.05, 4.69) is 52.0 Å². The fourth-order valence-electron chi connectivity index (χ4n) is 2.90. The van der Waals surface area contributed by atoms with Crippen LogP contribution in [0.4, 0.5) is 0 Å². The first-order valence-corrected chi connectivity index (χ1v) is 8.46. The van der Waals surface area contributed by atoms with Crippen molar-refractivity contribution in [1.82, 2.24) is 20.0 Å². The zero-order valence-corrected chi connectivity index (χ0v) is 14.8. The van der Waals surface area contributed by atoms with Gasteiger partial charge in [0.05, 0.1) is 15.9 Å². The maximum absolute atomic E-state index is 4.60. The maximum Gasteiger partial charge on any atom is 0.0767 e. The van der Waals surface area contributed by atoms with Crippen LogP contribution in [-0.2, 0) is 20.0 Å². The zero-order chi connectivity index (χ0) is 14.8. The molecule has 1 unspecified atom stereocenters. The third kappa shape index (κ3) is 3.43. The predicted molar refractivity (Wildman–Crippen MR) is 86.9 cm³/mol. The first-order valence-electron chi connectivity index (χ1n) is 7.66. The van der Waals surface area contributed by atoms with E-state index >= 15 is 0 Å². The molecule has 1 aliphatic rings. The smallest absolute Gasteiger partial charge is 0.0767 e. The van der Waals surface area contributed by atoms with E-state index in [1.54, 1.807) is 0 Å². The lowest BCUT2D eigenvalue weighted by Gasteiger charge is -2.32. The Morgan fingerprint density at radius 1 is 1.40 bits per heavy atom. The van der Waals surface area contributed by atoms with Crippen LogP contribution in [0, 0.1) is 0 Å². The molecular formula is C15H27BrN4. The maximum atomic E-state index is 4.60. The van der Waals surface area contributed by atoms with Gasteiger partial charge < -0.3 is 5.32 Å². The summed E-state index contributed by atoms with van der Waals surface area (Å²) >= 11 is 3.73. The molecule has 114 valence electrons. The Morgan fingerprint density at radius 3 is 2.75 bits per heavy atom. The molecule has 0 amide bonds. The molecule has 0 radical (unpaired) electrons. The van der Waals surface area contributed by atoms with Crippen molar-refractivity contribution in [1.29, 1.82) is 0 Å². The van der Waals surface area contributed by atoms with Crippen LogP contribution >= 0.6 is 15.9 Å². The van der Waals surface area contributed by atoms with E-state index in [1.165, 1.54) is 16.6 Å². The lowest BCUT2D eigenvalue weighted by Crippen LogP contribution is -2.48. The second-order valence-electron chi connectivity index (χ2n) is 6.09. The van der Waals surface area contributed by atoms with Crippen molar-refractivity contribution in [2.45, 2.75) is 52.1 Å². The van der Waals surface area contributed by atoms with Gasteiger partial charge in [-0.25, -0.2) is 0 Å². The number of halogens is 1. The van der Waals surface area contributed by atoms with Crippen molar-refractivity contribution in [2.24, 2.45) is 7.05 Å². The fourth-order valence-corrected chi connectivity index (χ4v) is 3.64. The number of aromatic nitrogens is 2. The van der Waals surface area contributed by atoms with Crippen LogP contribution in [0.15, 0.2) is 4.47 Å². The molecule has 1 aromatic heterocycles. The van der Waals surface area contributed by atoms with Gasteiger partial charge in [-0.05, 0) is 55.2 Å². The van der Waals surface area contributed by atoms with Gasteiger partial charge in [-0.2, -0.15) is 5.10 Å². The van der Waals surface area contributed by atoms with E-state index in [9.17, 15) is 0 Å². The Kier molecular flexibility index (Phi) is 5.26. The van der Waals surface area contributed by atoms with Gasteiger partial charge in [0.15, 0.2) is 0 Å². The minimum Gasteiger partial charge on any atom is -0.310 e. The van der Waals surface area contributed by atoms with Crippen molar-refractivity contribution in [2.75, 3.05) is 19.6 Å². The molecule has 0 spiro atoms. The normalized spacial score (nSPS) is 24.9. The van der Waals surface area contributed by atoms with Crippen LogP contribution in [0.3, 0.4) is 0 Å². The molecule has 1 aromatic rings. The average Bonchev–Trinajstić information content (AvgIpc) is 2.61. The first-order chi connectivity index (χ1) is 9.49. The van der Waals surface area contributed by atoms with Crippen LogP contribution in [-0.4, -0.2) is 39.9 Å². The highest BCUT2D eigenvalue weighted by atomic mass is 79.9. The van der Waals surface area contributed by atoms with Gasteiger partial charge in [-0.15, -0.1) is 0 Å². The van der Waals surface area contributed by atoms with Crippen LogP contribution in [0.2, 0.25) is 0 Å². The topological polar surface area (TPSA) is 33.1 Å². The summed E-state index contributed by atoms with van der Waals surface area (Å²) in [4.78, 5) is 2.56. The molecule has 0 saturated carbocycles. The SMILES string of the molecule is CCc1nn(C)c(CN2CCCNC(C)(CC)C2)c1Br. The van der Waals surface area contributed by atoms with Crippen LogP contribution in [0.5, 0.6) is 0 Å². The molecule has 1 saturated heterocycles. The number of nitrogens with one attached hydrogen (secondary N) is 1. The molecule has 5 heteroatoms. The van der Waals surface area contributed by atoms with Crippen molar-refractivity contribution in [3.63, 3.8) is 0 Å². The summed E-state index contributed by atoms with van der Waals surface area (Å²) in [7, 11) is 2.05. The van der Waals surface area contributed by atoms with Crippen molar-refractivity contribution in [3.8, 4) is 0 Å². The van der Waals surface area contributed by atoms with Gasteiger partial charge in [0, 0.05) is 25.7 Å². The largest absolute Gasteiger partial charge is 0.310 e. The summed E-state index contributed by atoms with van der Waals surface area (Å²) in [6.07, 6.45) is 3.35. The molecule has 2 rings (SSSR count). The molecule has 2 heterocycles. The third-order valence-corrected chi connectivity index (χ3v) is 5.35. The lowest BCUT2D eigenvalue weighted by atomic mass is 9.98. The predicted octanol–water partition coefficient (Wildman–Crippen LogP) is 2.71. The number of hydrogen-bond donors (Lipinski definition) is 1. The van der Waals surface area contributed by atoms with Gasteiger partial charge in [0.2, 0.25) is 0 Å². The number of rotatable bonds is 4. The molecule has 20 heavy (non-hydrogen) atoms. The fraction of sp³-hybridized carbons (Fsp3) is 0.800.